The zero-order chi connectivity index (χ0) is 15.1. The fraction of sp³-hybridized carbons (Fsp3) is 0.667. The van der Waals surface area contributed by atoms with Gasteiger partial charge in [0.25, 0.3) is 0 Å². The number of nitrogens with zero attached hydrogens (tertiary/aromatic N) is 2. The molecule has 5 nitrogen and oxygen atoms in total. The van der Waals surface area contributed by atoms with E-state index in [9.17, 15) is 9.59 Å². The number of anilines is 1. The van der Waals surface area contributed by atoms with E-state index in [2.05, 4.69) is 24.1 Å². The largest absolute Gasteiger partial charge is 0.350 e. The highest BCUT2D eigenvalue weighted by Crippen LogP contribution is 2.40. The predicted octanol–water partition coefficient (Wildman–Crippen LogP) is 2.03. The summed E-state index contributed by atoms with van der Waals surface area (Å²) in [6.07, 6.45) is 1.97. The molecule has 1 N–H and O–H groups in total. The van der Waals surface area contributed by atoms with Crippen molar-refractivity contribution in [1.82, 2.24) is 10.3 Å². The van der Waals surface area contributed by atoms with Crippen LogP contribution in [0.25, 0.3) is 0 Å². The average molecular weight is 307 g/mol. The van der Waals surface area contributed by atoms with Crippen molar-refractivity contribution in [2.75, 3.05) is 11.9 Å². The van der Waals surface area contributed by atoms with Crippen molar-refractivity contribution in [3.8, 4) is 0 Å². The van der Waals surface area contributed by atoms with E-state index in [1.54, 1.807) is 11.9 Å². The smallest absolute Gasteiger partial charge is 0.231 e. The Morgan fingerprint density at radius 3 is 2.52 bits per heavy atom. The molecule has 4 atom stereocenters. The lowest BCUT2D eigenvalue weighted by Gasteiger charge is -2.13. The van der Waals surface area contributed by atoms with E-state index in [1.165, 1.54) is 11.3 Å². The zero-order valence-electron chi connectivity index (χ0n) is 12.6. The molecule has 114 valence electrons. The van der Waals surface area contributed by atoms with Gasteiger partial charge in [0.05, 0.1) is 12.2 Å². The molecule has 1 aromatic heterocycles. The molecule has 0 bridgehead atoms. The van der Waals surface area contributed by atoms with E-state index in [4.69, 9.17) is 0 Å². The first-order valence-electron chi connectivity index (χ1n) is 7.47. The number of rotatable bonds is 5. The summed E-state index contributed by atoms with van der Waals surface area (Å²) in [5.41, 5.74) is 0.820. The third-order valence-corrected chi connectivity index (χ3v) is 5.44. The quantitative estimate of drug-likeness (QED) is 0.905. The number of hydrogen-bond acceptors (Lipinski definition) is 4. The first-order chi connectivity index (χ1) is 9.97. The minimum atomic E-state index is 0.119. The molecule has 2 amide bonds. The molecule has 6 heteroatoms. The summed E-state index contributed by atoms with van der Waals surface area (Å²) in [4.78, 5) is 30.0. The highest BCUT2D eigenvalue weighted by molar-refractivity contribution is 7.14. The van der Waals surface area contributed by atoms with Gasteiger partial charge in [0.1, 0.15) is 0 Å². The summed E-state index contributed by atoms with van der Waals surface area (Å²) in [7, 11) is 1.78. The standard InChI is InChI=1S/C15H21N3O2S/c1-8-4-11(8)13(19)16-6-10-7-21-15(17-10)18(3)14(20)12-5-9(12)2/h7-9,11-12H,4-6H2,1-3H3,(H,16,19)/t8-,9+,11+,12+/m1/s1. The third-order valence-electron chi connectivity index (χ3n) is 4.47. The summed E-state index contributed by atoms with van der Waals surface area (Å²) >= 11 is 1.45. The van der Waals surface area contributed by atoms with Gasteiger partial charge >= 0.3 is 0 Å². The average Bonchev–Trinajstić information content (AvgIpc) is 3.31. The van der Waals surface area contributed by atoms with E-state index < -0.39 is 0 Å². The van der Waals surface area contributed by atoms with Crippen LogP contribution in [0.15, 0.2) is 5.38 Å². The van der Waals surface area contributed by atoms with Gasteiger partial charge in [-0.05, 0) is 24.7 Å². The van der Waals surface area contributed by atoms with Crippen LogP contribution in [0.3, 0.4) is 0 Å². The monoisotopic (exact) mass is 307 g/mol. The van der Waals surface area contributed by atoms with Crippen LogP contribution in [0.2, 0.25) is 0 Å². The van der Waals surface area contributed by atoms with Crippen molar-refractivity contribution in [3.63, 3.8) is 0 Å². The van der Waals surface area contributed by atoms with Gasteiger partial charge in [-0.25, -0.2) is 4.98 Å². The minimum Gasteiger partial charge on any atom is -0.350 e. The normalized spacial score (nSPS) is 29.9. The van der Waals surface area contributed by atoms with Gasteiger partial charge in [0.2, 0.25) is 11.8 Å². The van der Waals surface area contributed by atoms with Gasteiger partial charge < -0.3 is 5.32 Å². The van der Waals surface area contributed by atoms with Crippen LogP contribution in [0.4, 0.5) is 5.13 Å². The van der Waals surface area contributed by atoms with E-state index >= 15 is 0 Å². The molecule has 2 aliphatic carbocycles. The van der Waals surface area contributed by atoms with Crippen LogP contribution >= 0.6 is 11.3 Å². The van der Waals surface area contributed by atoms with E-state index in [-0.39, 0.29) is 23.7 Å². The number of nitrogens with one attached hydrogen (secondary N) is 1. The summed E-state index contributed by atoms with van der Waals surface area (Å²) in [6, 6.07) is 0. The Kier molecular flexibility index (Phi) is 3.73. The molecule has 21 heavy (non-hydrogen) atoms. The lowest BCUT2D eigenvalue weighted by molar-refractivity contribution is -0.123. The fourth-order valence-corrected chi connectivity index (χ4v) is 3.33. The SMILES string of the molecule is C[C@@H]1C[C@@H]1C(=O)NCc1csc(N(C)C(=O)[C@H]2C[C@@H]2C)n1. The van der Waals surface area contributed by atoms with Crippen molar-refractivity contribution in [3.05, 3.63) is 11.1 Å². The first-order valence-corrected chi connectivity index (χ1v) is 8.35. The molecule has 2 fully saturated rings. The molecular formula is C15H21N3O2S. The van der Waals surface area contributed by atoms with Crippen LogP contribution in [-0.4, -0.2) is 23.8 Å². The molecule has 0 aliphatic heterocycles. The zero-order valence-corrected chi connectivity index (χ0v) is 13.4. The number of aromatic nitrogens is 1. The maximum Gasteiger partial charge on any atom is 0.231 e. The van der Waals surface area contributed by atoms with Gasteiger partial charge in [0, 0.05) is 24.3 Å². The predicted molar refractivity (Wildman–Crippen MR) is 81.9 cm³/mol. The van der Waals surface area contributed by atoms with E-state index in [0.29, 0.717) is 23.5 Å². The van der Waals surface area contributed by atoms with Crippen molar-refractivity contribution < 1.29 is 9.59 Å². The van der Waals surface area contributed by atoms with Crippen molar-refractivity contribution >= 4 is 28.3 Å². The van der Waals surface area contributed by atoms with E-state index in [1.807, 2.05) is 5.38 Å². The number of carbonyl (C=O) groups excluding carboxylic acids is 2. The Morgan fingerprint density at radius 1 is 1.33 bits per heavy atom. The Hall–Kier alpha value is -1.43. The highest BCUT2D eigenvalue weighted by Gasteiger charge is 2.41. The van der Waals surface area contributed by atoms with Crippen LogP contribution < -0.4 is 10.2 Å². The summed E-state index contributed by atoms with van der Waals surface area (Å²) in [6.45, 7) is 4.63. The fourth-order valence-electron chi connectivity index (χ4n) is 2.54. The Morgan fingerprint density at radius 2 is 1.95 bits per heavy atom. The lowest BCUT2D eigenvalue weighted by atomic mass is 10.3. The van der Waals surface area contributed by atoms with Crippen LogP contribution in [0.1, 0.15) is 32.4 Å². The molecular weight excluding hydrogens is 286 g/mol. The summed E-state index contributed by atoms with van der Waals surface area (Å²) in [5, 5.41) is 5.54. The van der Waals surface area contributed by atoms with Crippen molar-refractivity contribution in [2.24, 2.45) is 23.7 Å². The summed E-state index contributed by atoms with van der Waals surface area (Å²) in [5.74, 6) is 1.63. The van der Waals surface area contributed by atoms with Crippen LogP contribution in [0.5, 0.6) is 0 Å². The number of amides is 2. The van der Waals surface area contributed by atoms with Crippen molar-refractivity contribution in [2.45, 2.75) is 33.2 Å². The lowest BCUT2D eigenvalue weighted by Crippen LogP contribution is -2.28. The molecule has 2 saturated carbocycles. The third kappa shape index (κ3) is 3.10. The van der Waals surface area contributed by atoms with Crippen LogP contribution in [0, 0.1) is 23.7 Å². The van der Waals surface area contributed by atoms with Gasteiger partial charge in [-0.2, -0.15) is 0 Å². The van der Waals surface area contributed by atoms with E-state index in [0.717, 1.165) is 18.5 Å². The van der Waals surface area contributed by atoms with Gasteiger partial charge in [-0.1, -0.05) is 13.8 Å². The number of hydrogen-bond donors (Lipinski definition) is 1. The molecule has 1 aromatic rings. The second-order valence-electron chi connectivity index (χ2n) is 6.38. The molecule has 0 spiro atoms. The Balaban J connectivity index is 1.53. The molecule has 0 saturated heterocycles. The summed E-state index contributed by atoms with van der Waals surface area (Å²) < 4.78 is 0. The molecule has 0 aromatic carbocycles. The minimum absolute atomic E-state index is 0.119. The first kappa shape index (κ1) is 14.5. The second kappa shape index (κ2) is 5.40. The molecule has 0 unspecified atom stereocenters. The maximum atomic E-state index is 12.1. The Labute approximate surface area is 128 Å². The molecule has 0 radical (unpaired) electrons. The molecule has 2 aliphatic rings. The number of thiazole rings is 1. The Bertz CT molecular complexity index is 571. The number of carbonyl (C=O) groups is 2. The van der Waals surface area contributed by atoms with Gasteiger partial charge in [0.15, 0.2) is 5.13 Å². The van der Waals surface area contributed by atoms with Gasteiger partial charge in [-0.15, -0.1) is 11.3 Å². The second-order valence-corrected chi connectivity index (χ2v) is 7.21. The molecule has 1 heterocycles. The maximum absolute atomic E-state index is 12.1. The highest BCUT2D eigenvalue weighted by atomic mass is 32.1. The van der Waals surface area contributed by atoms with Crippen molar-refractivity contribution in [1.29, 1.82) is 0 Å². The van der Waals surface area contributed by atoms with Gasteiger partial charge in [-0.3, -0.25) is 14.5 Å². The topological polar surface area (TPSA) is 62.3 Å². The molecule has 3 rings (SSSR count). The van der Waals surface area contributed by atoms with Crippen LogP contribution in [-0.2, 0) is 16.1 Å².